The van der Waals surface area contributed by atoms with Crippen LogP contribution in [0.25, 0.3) is 5.78 Å². The Bertz CT molecular complexity index is 989. The van der Waals surface area contributed by atoms with Gasteiger partial charge in [0.1, 0.15) is 0 Å². The van der Waals surface area contributed by atoms with Gasteiger partial charge in [0.25, 0.3) is 5.78 Å². The lowest BCUT2D eigenvalue weighted by Gasteiger charge is -2.16. The zero-order chi connectivity index (χ0) is 19.1. The van der Waals surface area contributed by atoms with Crippen LogP contribution < -0.4 is 0 Å². The molecule has 2 aromatic heterocycles. The molecule has 0 saturated heterocycles. The molecule has 1 aromatic carbocycles. The van der Waals surface area contributed by atoms with Crippen LogP contribution in [0.3, 0.4) is 0 Å². The summed E-state index contributed by atoms with van der Waals surface area (Å²) >= 11 is 5.47. The third-order valence-corrected chi connectivity index (χ3v) is 4.37. The van der Waals surface area contributed by atoms with Crippen molar-refractivity contribution in [1.82, 2.24) is 24.1 Å². The Morgan fingerprint density at radius 3 is 2.42 bits per heavy atom. The quantitative estimate of drug-likeness (QED) is 0.641. The molecule has 0 spiro atoms. The summed E-state index contributed by atoms with van der Waals surface area (Å²) in [6, 6.07) is 7.08. The van der Waals surface area contributed by atoms with Gasteiger partial charge < -0.3 is 0 Å². The summed E-state index contributed by atoms with van der Waals surface area (Å²) in [4.78, 5) is 6.30. The van der Waals surface area contributed by atoms with Gasteiger partial charge in [-0.25, -0.2) is 9.67 Å². The number of hydrogen-bond acceptors (Lipinski definition) is 4. The normalized spacial score (nSPS) is 12.3. The fourth-order valence-corrected chi connectivity index (χ4v) is 3.14. The minimum absolute atomic E-state index is 0.404. The van der Waals surface area contributed by atoms with Crippen molar-refractivity contribution in [3.05, 3.63) is 57.6 Å². The van der Waals surface area contributed by atoms with Crippen LogP contribution in [0.2, 0.25) is 0 Å². The Hall–Kier alpha value is -2.26. The van der Waals surface area contributed by atoms with Crippen molar-refractivity contribution in [2.24, 2.45) is 0 Å². The van der Waals surface area contributed by atoms with E-state index in [0.717, 1.165) is 29.1 Å². The summed E-state index contributed by atoms with van der Waals surface area (Å²) in [7, 11) is 1.86. The molecule has 0 atom stereocenters. The maximum atomic E-state index is 12.6. The van der Waals surface area contributed by atoms with Crippen molar-refractivity contribution >= 4 is 18.0 Å². The van der Waals surface area contributed by atoms with E-state index in [1.807, 2.05) is 31.9 Å². The van der Waals surface area contributed by atoms with Gasteiger partial charge in [0, 0.05) is 17.9 Å². The highest BCUT2D eigenvalue weighted by molar-refractivity contribution is 7.71. The Labute approximate surface area is 153 Å². The average Bonchev–Trinajstić information content (AvgIpc) is 2.82. The molecule has 9 heteroatoms. The minimum atomic E-state index is -4.32. The lowest BCUT2D eigenvalue weighted by molar-refractivity contribution is -0.137. The van der Waals surface area contributed by atoms with Crippen LogP contribution in [0.15, 0.2) is 30.3 Å². The Balaban J connectivity index is 1.77. The van der Waals surface area contributed by atoms with Crippen molar-refractivity contribution in [2.75, 3.05) is 7.05 Å². The highest BCUT2D eigenvalue weighted by atomic mass is 32.1. The minimum Gasteiger partial charge on any atom is -0.283 e. The second-order valence-corrected chi connectivity index (χ2v) is 6.67. The zero-order valence-electron chi connectivity index (χ0n) is 14.6. The van der Waals surface area contributed by atoms with Crippen LogP contribution in [-0.4, -0.2) is 31.1 Å². The van der Waals surface area contributed by atoms with E-state index >= 15 is 0 Å². The van der Waals surface area contributed by atoms with Gasteiger partial charge in [0.05, 0.1) is 12.2 Å². The molecule has 2 heterocycles. The van der Waals surface area contributed by atoms with E-state index in [9.17, 15) is 13.2 Å². The molecule has 3 aromatic rings. The summed E-state index contributed by atoms with van der Waals surface area (Å²) in [5, 5.41) is 4.44. The lowest BCUT2D eigenvalue weighted by Crippen LogP contribution is -2.22. The summed E-state index contributed by atoms with van der Waals surface area (Å²) in [6.07, 6.45) is -4.32. The molecule has 26 heavy (non-hydrogen) atoms. The van der Waals surface area contributed by atoms with Crippen molar-refractivity contribution in [1.29, 1.82) is 0 Å². The molecule has 0 unspecified atom stereocenters. The maximum absolute atomic E-state index is 12.6. The third-order valence-electron chi connectivity index (χ3n) is 3.98. The van der Waals surface area contributed by atoms with Crippen LogP contribution in [0.4, 0.5) is 13.2 Å². The first-order valence-electron chi connectivity index (χ1n) is 7.93. The first-order valence-corrected chi connectivity index (χ1v) is 8.34. The molecule has 0 radical (unpaired) electrons. The van der Waals surface area contributed by atoms with Gasteiger partial charge in [0.2, 0.25) is 4.77 Å². The second-order valence-electron chi connectivity index (χ2n) is 6.31. The summed E-state index contributed by atoms with van der Waals surface area (Å²) in [5.74, 6) is 0.537. The summed E-state index contributed by atoms with van der Waals surface area (Å²) < 4.78 is 41.9. The van der Waals surface area contributed by atoms with Gasteiger partial charge in [0.15, 0.2) is 0 Å². The van der Waals surface area contributed by atoms with E-state index < -0.39 is 11.7 Å². The molecule has 0 fully saturated rings. The molecule has 0 aliphatic carbocycles. The number of hydrogen-bond donors (Lipinski definition) is 0. The molecule has 5 nitrogen and oxygen atoms in total. The van der Waals surface area contributed by atoms with Gasteiger partial charge in [-0.2, -0.15) is 13.2 Å². The number of aryl methyl sites for hydroxylation is 2. The number of rotatable bonds is 4. The van der Waals surface area contributed by atoms with Crippen LogP contribution in [0.1, 0.15) is 22.5 Å². The first-order chi connectivity index (χ1) is 12.1. The van der Waals surface area contributed by atoms with Crippen molar-refractivity contribution in [3.8, 4) is 0 Å². The van der Waals surface area contributed by atoms with Crippen molar-refractivity contribution < 1.29 is 13.2 Å². The molecular weight excluding hydrogens is 363 g/mol. The topological polar surface area (TPSA) is 38.4 Å². The van der Waals surface area contributed by atoms with E-state index in [-0.39, 0.29) is 0 Å². The number of aromatic nitrogens is 4. The van der Waals surface area contributed by atoms with Crippen molar-refractivity contribution in [2.45, 2.75) is 33.2 Å². The third kappa shape index (κ3) is 3.78. The SMILES string of the molecule is Cc1cc(C)n2c(=S)n(CN(C)Cc3ccc(C(F)(F)F)cc3)nc2n1. The number of fused-ring (bicyclic) bond motifs is 1. The van der Waals surface area contributed by atoms with Crippen LogP contribution in [-0.2, 0) is 19.4 Å². The van der Waals surface area contributed by atoms with E-state index in [0.29, 0.717) is 23.8 Å². The van der Waals surface area contributed by atoms with Crippen molar-refractivity contribution in [3.63, 3.8) is 0 Å². The molecule has 0 N–H and O–H groups in total. The van der Waals surface area contributed by atoms with Gasteiger partial charge in [-0.3, -0.25) is 9.30 Å². The zero-order valence-corrected chi connectivity index (χ0v) is 15.4. The van der Waals surface area contributed by atoms with E-state index in [2.05, 4.69) is 10.1 Å². The highest BCUT2D eigenvalue weighted by Gasteiger charge is 2.29. The fraction of sp³-hybridized carbons (Fsp3) is 0.353. The maximum Gasteiger partial charge on any atom is 0.416 e. The smallest absolute Gasteiger partial charge is 0.283 e. The second kappa shape index (κ2) is 6.81. The fourth-order valence-electron chi connectivity index (χ4n) is 2.82. The van der Waals surface area contributed by atoms with E-state index in [1.165, 1.54) is 12.1 Å². The Kier molecular flexibility index (Phi) is 4.85. The molecule has 0 bridgehead atoms. The molecule has 0 amide bonds. The van der Waals surface area contributed by atoms with Crippen LogP contribution in [0.5, 0.6) is 0 Å². The van der Waals surface area contributed by atoms with Crippen LogP contribution >= 0.6 is 12.2 Å². The standard InChI is InChI=1S/C17H18F3N5S/c1-11-8-12(2)25-15(21-11)22-24(16(25)26)10-23(3)9-13-4-6-14(7-5-13)17(18,19)20/h4-8H,9-10H2,1-3H3. The number of benzene rings is 1. The van der Waals surface area contributed by atoms with Gasteiger partial charge >= 0.3 is 6.18 Å². The van der Waals surface area contributed by atoms with Crippen LogP contribution in [0, 0.1) is 18.6 Å². The van der Waals surface area contributed by atoms with Gasteiger partial charge in [-0.1, -0.05) is 12.1 Å². The molecular formula is C17H18F3N5S. The Morgan fingerprint density at radius 2 is 1.81 bits per heavy atom. The summed E-state index contributed by atoms with van der Waals surface area (Å²) in [6.45, 7) is 4.71. The van der Waals surface area contributed by atoms with Gasteiger partial charge in [-0.05, 0) is 56.9 Å². The number of nitrogens with zero attached hydrogens (tertiary/aromatic N) is 5. The van der Waals surface area contributed by atoms with E-state index in [4.69, 9.17) is 12.2 Å². The monoisotopic (exact) mass is 381 g/mol. The lowest BCUT2D eigenvalue weighted by atomic mass is 10.1. The predicted molar refractivity (Wildman–Crippen MR) is 94.2 cm³/mol. The molecule has 3 rings (SSSR count). The van der Waals surface area contributed by atoms with E-state index in [1.54, 1.807) is 9.08 Å². The largest absolute Gasteiger partial charge is 0.416 e. The molecule has 0 saturated carbocycles. The molecule has 0 aliphatic heterocycles. The first kappa shape index (κ1) is 18.5. The molecule has 138 valence electrons. The summed E-state index contributed by atoms with van der Waals surface area (Å²) in [5.41, 5.74) is 1.94. The molecule has 0 aliphatic rings. The Morgan fingerprint density at radius 1 is 1.15 bits per heavy atom. The number of halogens is 3. The highest BCUT2D eigenvalue weighted by Crippen LogP contribution is 2.29. The predicted octanol–water partition coefficient (Wildman–Crippen LogP) is 3.99. The average molecular weight is 381 g/mol. The van der Waals surface area contributed by atoms with Gasteiger partial charge in [-0.15, -0.1) is 5.10 Å². The number of alkyl halides is 3.